The van der Waals surface area contributed by atoms with Crippen molar-refractivity contribution in [2.75, 3.05) is 23.9 Å². The molecule has 37 heteroatoms. The summed E-state index contributed by atoms with van der Waals surface area (Å²) in [5, 5.41) is 34.9. The van der Waals surface area contributed by atoms with Crippen LogP contribution in [0.1, 0.15) is 28.8 Å². The number of halogens is 2. The van der Waals surface area contributed by atoms with Crippen LogP contribution >= 0.6 is 46.3 Å². The zero-order valence-electron chi connectivity index (χ0n) is 39.4. The first-order valence-corrected chi connectivity index (χ1v) is 31.7. The lowest BCUT2D eigenvalue weighted by Crippen LogP contribution is -2.15. The molecule has 3 aromatic heterocycles. The average molecular weight is 1260 g/mol. The summed E-state index contributed by atoms with van der Waals surface area (Å²) >= 11 is 14.8. The van der Waals surface area contributed by atoms with E-state index in [1.54, 1.807) is 24.3 Å². The number of imidazole rings is 1. The van der Waals surface area contributed by atoms with E-state index >= 15 is 0 Å². The zero-order valence-corrected chi connectivity index (χ0v) is 46.6. The van der Waals surface area contributed by atoms with Crippen LogP contribution in [0.2, 0.25) is 10.0 Å². The van der Waals surface area contributed by atoms with Gasteiger partial charge in [-0.2, -0.15) is 42.1 Å². The van der Waals surface area contributed by atoms with Crippen LogP contribution in [-0.4, -0.2) is 114 Å². The maximum Gasteiger partial charge on any atom is 0.296 e. The minimum atomic E-state index is -5.32. The third-order valence-corrected chi connectivity index (χ3v) is 17.9. The van der Waals surface area contributed by atoms with E-state index in [1.807, 2.05) is 0 Å². The van der Waals surface area contributed by atoms with Crippen molar-refractivity contribution in [1.82, 2.24) is 14.4 Å². The molecule has 0 aliphatic heterocycles. The summed E-state index contributed by atoms with van der Waals surface area (Å²) in [5.41, 5.74) is 5.48. The second kappa shape index (κ2) is 22.2. The smallest absolute Gasteiger partial charge is 0.296 e. The lowest BCUT2D eigenvalue weighted by atomic mass is 10.1. The van der Waals surface area contributed by atoms with Gasteiger partial charge in [0.2, 0.25) is 11.0 Å². The van der Waals surface area contributed by atoms with Gasteiger partial charge in [0.1, 0.15) is 49.5 Å². The summed E-state index contributed by atoms with van der Waals surface area (Å²) < 4.78 is 176. The number of carbonyl (C=O) groups excluding carboxylic acids is 1. The van der Waals surface area contributed by atoms with Crippen LogP contribution < -0.4 is 10.5 Å². The minimum absolute atomic E-state index is 0.0107. The number of hydrogen-bond donors (Lipinski definition) is 7. The Hall–Kier alpha value is -6.45. The van der Waals surface area contributed by atoms with E-state index in [9.17, 15) is 74.8 Å². The number of nitrogens with zero attached hydrogens (tertiary/aromatic N) is 9. The fourth-order valence-corrected chi connectivity index (χ4v) is 13.0. The number of carbonyl (C=O) groups is 1. The number of pyridine rings is 1. The third kappa shape index (κ3) is 13.3. The number of aromatic hydroxyl groups is 1. The monoisotopic (exact) mass is 1260 g/mol. The summed E-state index contributed by atoms with van der Waals surface area (Å²) in [6, 6.07) is 13.4. The third-order valence-electron chi connectivity index (χ3n) is 11.0. The normalized spacial score (nSPS) is 13.2. The van der Waals surface area contributed by atoms with E-state index in [-0.39, 0.29) is 101 Å². The Morgan fingerprint density at radius 2 is 1.32 bits per heavy atom. The molecule has 0 aliphatic rings. The number of ether oxygens (including phenoxy) is 1. The van der Waals surface area contributed by atoms with Gasteiger partial charge in [0.25, 0.3) is 56.5 Å². The quantitative estimate of drug-likeness (QED) is 0.0161. The Balaban J connectivity index is 1.19. The van der Waals surface area contributed by atoms with Crippen LogP contribution in [0.25, 0.3) is 37.7 Å². The van der Waals surface area contributed by atoms with Crippen LogP contribution in [0.3, 0.4) is 0 Å². The summed E-state index contributed by atoms with van der Waals surface area (Å²) in [6.07, 6.45) is -0.319. The average Bonchev–Trinajstić information content (AvgIpc) is 4.04. The van der Waals surface area contributed by atoms with Crippen LogP contribution in [0, 0.1) is 6.92 Å². The Morgan fingerprint density at radius 1 is 0.709 bits per heavy atom. The first kappa shape index (κ1) is 58.7. The van der Waals surface area contributed by atoms with Crippen molar-refractivity contribution < 1.29 is 79.5 Å². The minimum Gasteiger partial charge on any atom is -0.493 e. The zero-order chi connectivity index (χ0) is 57.7. The molecule has 5 aromatic carbocycles. The van der Waals surface area contributed by atoms with Crippen LogP contribution in [-0.2, 0) is 50.6 Å². The van der Waals surface area contributed by atoms with Crippen molar-refractivity contribution in [3.63, 3.8) is 0 Å². The van der Waals surface area contributed by atoms with Gasteiger partial charge >= 0.3 is 0 Å². The molecule has 0 spiro atoms. The van der Waals surface area contributed by atoms with E-state index < -0.39 is 105 Å². The molecule has 416 valence electrons. The van der Waals surface area contributed by atoms with Gasteiger partial charge < -0.3 is 15.6 Å². The van der Waals surface area contributed by atoms with E-state index in [2.05, 4.69) is 40.7 Å². The van der Waals surface area contributed by atoms with Crippen molar-refractivity contribution in [1.29, 1.82) is 0 Å². The van der Waals surface area contributed by atoms with Gasteiger partial charge in [0.15, 0.2) is 5.65 Å². The summed E-state index contributed by atoms with van der Waals surface area (Å²) in [4.78, 5) is 18.3. The Kier molecular flexibility index (Phi) is 16.5. The van der Waals surface area contributed by atoms with E-state index in [0.29, 0.717) is 34.5 Å². The summed E-state index contributed by atoms with van der Waals surface area (Å²) in [5.74, 6) is -2.82. The van der Waals surface area contributed by atoms with E-state index in [4.69, 9.17) is 33.7 Å². The molecule has 28 nitrogen and oxygen atoms in total. The molecule has 0 fully saturated rings. The van der Waals surface area contributed by atoms with Gasteiger partial charge in [-0.1, -0.05) is 46.7 Å². The lowest BCUT2D eigenvalue weighted by Gasteiger charge is -2.12. The first-order chi connectivity index (χ1) is 36.8. The van der Waals surface area contributed by atoms with Crippen LogP contribution in [0.15, 0.2) is 117 Å². The molecule has 0 saturated carbocycles. The number of benzene rings is 5. The Bertz CT molecular complexity index is 4580. The van der Waals surface area contributed by atoms with Gasteiger partial charge in [-0.05, 0) is 79.6 Å². The van der Waals surface area contributed by atoms with Crippen LogP contribution in [0.4, 0.5) is 33.6 Å². The molecule has 0 saturated heterocycles. The fourth-order valence-electron chi connectivity index (χ4n) is 7.54. The predicted octanol–water partition coefficient (Wildman–Crippen LogP) is 9.68. The summed E-state index contributed by atoms with van der Waals surface area (Å²) in [6.45, 7) is 1.12. The molecule has 8 rings (SSSR count). The van der Waals surface area contributed by atoms with E-state index in [0.717, 1.165) is 17.8 Å². The Labute approximate surface area is 463 Å². The highest BCUT2D eigenvalue weighted by molar-refractivity contribution is 7.99. The molecular weight excluding hydrogens is 1230 g/mol. The number of thioether (sulfide) groups is 1. The Morgan fingerprint density at radius 3 is 1.96 bits per heavy atom. The van der Waals surface area contributed by atoms with Crippen molar-refractivity contribution in [2.24, 2.45) is 36.4 Å². The number of primary amides is 1. The number of rotatable bonds is 20. The number of thiazole rings is 1. The second-order valence-electron chi connectivity index (χ2n) is 16.4. The molecule has 3 heterocycles. The highest BCUT2D eigenvalue weighted by Gasteiger charge is 2.28. The van der Waals surface area contributed by atoms with Gasteiger partial charge in [-0.15, -0.1) is 42.4 Å². The SMILES string of the molecule is Cc1c(N=Nc2cc(Cl)c(N=Nc3cc(Cl)c(N=Nc4nc5c(S(=O)(=O)O)cc6c(S(=O)(=O)O)cc(S(=O)(=O)O)cc6c5s4)cc3SCCCS(=O)(=O)O)cc2OCCCS(=O)(=O)O)c(O)n2c(nc3ccccc32)c1C(N)=O. The number of para-hydroxylation sites is 2. The molecule has 8 N–H and O–H groups in total. The molecular formula is C42H34Cl2N10O18S7. The van der Waals surface area contributed by atoms with Gasteiger partial charge in [-0.25, -0.2) is 9.97 Å². The van der Waals surface area contributed by atoms with E-state index in [1.165, 1.54) is 35.6 Å². The molecule has 0 atom stereocenters. The number of fused-ring (bicyclic) bond motifs is 6. The lowest BCUT2D eigenvalue weighted by molar-refractivity contribution is 0.100. The van der Waals surface area contributed by atoms with Crippen LogP contribution in [0.5, 0.6) is 11.6 Å². The van der Waals surface area contributed by atoms with Gasteiger partial charge in [0, 0.05) is 21.7 Å². The fraction of sp³-hybridized carbons (Fsp3) is 0.167. The molecule has 1 amide bonds. The molecule has 0 radical (unpaired) electrons. The summed E-state index contributed by atoms with van der Waals surface area (Å²) in [7, 11) is -24.5. The van der Waals surface area contributed by atoms with Crippen molar-refractivity contribution in [3.05, 3.63) is 87.9 Å². The highest BCUT2D eigenvalue weighted by Crippen LogP contribution is 2.46. The molecule has 0 aliphatic carbocycles. The molecule has 0 unspecified atom stereocenters. The number of hydrogen-bond acceptors (Lipinski definition) is 23. The number of aromatic nitrogens is 3. The topological polar surface area (TPSA) is 449 Å². The second-order valence-corrected chi connectivity index (χ2v) is 26.7. The molecule has 79 heavy (non-hydrogen) atoms. The van der Waals surface area contributed by atoms with Crippen molar-refractivity contribution in [3.8, 4) is 11.6 Å². The first-order valence-electron chi connectivity index (χ1n) is 21.6. The van der Waals surface area contributed by atoms with Gasteiger partial charge in [0.05, 0.1) is 54.4 Å². The molecule has 0 bridgehead atoms. The number of azo groups is 3. The standard InChI is InChI=1S/C42H34Cl2N10O18S7/c1-19-35(39(45)55)40-46-25-6-2-3-7-30(25)54(40)41(56)36(19)52-50-28-15-23(43)26(17-31(28)72-8-4-10-75(57,58)59)48-51-29-16-24(44)27(18-32(29)73-9-5-11-76(60,61)62)49-53-42-47-37-34(79(69,70)71)14-21-22(38(37)74-42)12-20(77(63,64)65)13-33(21)78(66,67)68/h2-3,6-7,12-18,56H,4-5,8-11H2,1H3,(H2,45,55)(H,57,58,59)(H,60,61,62)(H,63,64,65)(H,66,67,68)(H,69,70,71). The van der Waals surface area contributed by atoms with Crippen molar-refractivity contribution >= 4 is 174 Å². The largest absolute Gasteiger partial charge is 0.493 e. The van der Waals surface area contributed by atoms with Gasteiger partial charge in [-0.3, -0.25) is 32.0 Å². The number of nitrogens with two attached hydrogens (primary N) is 1. The highest BCUT2D eigenvalue weighted by atomic mass is 35.5. The predicted molar refractivity (Wildman–Crippen MR) is 288 cm³/mol. The molecule has 8 aromatic rings. The van der Waals surface area contributed by atoms with Crippen molar-refractivity contribution in [2.45, 2.75) is 39.3 Å². The maximum absolute atomic E-state index is 12.8. The maximum atomic E-state index is 12.8. The number of amides is 1.